The minimum absolute atomic E-state index is 0.0714. The molecule has 0 aromatic carbocycles. The topological polar surface area (TPSA) is 76.5 Å². The Morgan fingerprint density at radius 3 is 2.87 bits per heavy atom. The van der Waals surface area contributed by atoms with Crippen LogP contribution < -0.4 is 5.73 Å². The minimum Gasteiger partial charge on any atom is -0.461 e. The monoisotopic (exact) mass is 316 g/mol. The normalized spacial score (nSPS) is 27.3. The zero-order chi connectivity index (χ0) is 16.4. The molecule has 3 rings (SSSR count). The average molecular weight is 316 g/mol. The van der Waals surface area contributed by atoms with Crippen molar-refractivity contribution in [2.75, 3.05) is 6.54 Å². The number of hydrogen-bond acceptors (Lipinski definition) is 3. The van der Waals surface area contributed by atoms with Gasteiger partial charge in [-0.2, -0.15) is 0 Å². The summed E-state index contributed by atoms with van der Waals surface area (Å²) in [5.74, 6) is 2.52. The summed E-state index contributed by atoms with van der Waals surface area (Å²) in [6.45, 7) is 2.89. The first-order chi connectivity index (χ1) is 11.0. The van der Waals surface area contributed by atoms with E-state index in [1.165, 1.54) is 12.5 Å². The third-order valence-electron chi connectivity index (χ3n) is 4.86. The van der Waals surface area contributed by atoms with E-state index in [-0.39, 0.29) is 24.3 Å². The summed E-state index contributed by atoms with van der Waals surface area (Å²) < 4.78 is 5.78. The molecule has 5 nitrogen and oxygen atoms in total. The quantitative estimate of drug-likeness (QED) is 0.848. The van der Waals surface area contributed by atoms with Gasteiger partial charge in [0.25, 0.3) is 0 Å². The zero-order valence-corrected chi connectivity index (χ0v) is 13.5. The van der Waals surface area contributed by atoms with E-state index in [2.05, 4.69) is 6.92 Å². The van der Waals surface area contributed by atoms with Crippen molar-refractivity contribution in [3.63, 3.8) is 0 Å². The van der Waals surface area contributed by atoms with Crippen LogP contribution in [0.2, 0.25) is 0 Å². The number of amides is 2. The number of likely N-dealkylation sites (tertiary alicyclic amines) is 1. The van der Waals surface area contributed by atoms with Gasteiger partial charge in [-0.1, -0.05) is 6.92 Å². The SMILES string of the molecule is C[C@@H]1C[C@@H]1c1ccc(/C=C\C(=O)N2CCCC[C@H]2CC(N)=O)o1. The summed E-state index contributed by atoms with van der Waals surface area (Å²) in [6, 6.07) is 3.83. The van der Waals surface area contributed by atoms with Gasteiger partial charge in [0.1, 0.15) is 11.5 Å². The second-order valence-corrected chi connectivity index (χ2v) is 6.74. The summed E-state index contributed by atoms with van der Waals surface area (Å²) in [4.78, 5) is 25.3. The summed E-state index contributed by atoms with van der Waals surface area (Å²) in [5, 5.41) is 0. The lowest BCUT2D eigenvalue weighted by Gasteiger charge is -2.34. The molecule has 23 heavy (non-hydrogen) atoms. The lowest BCUT2D eigenvalue weighted by atomic mass is 9.99. The first-order valence-electron chi connectivity index (χ1n) is 8.41. The maximum Gasteiger partial charge on any atom is 0.246 e. The molecule has 0 radical (unpaired) electrons. The smallest absolute Gasteiger partial charge is 0.246 e. The third-order valence-corrected chi connectivity index (χ3v) is 4.86. The fraction of sp³-hybridized carbons (Fsp3) is 0.556. The van der Waals surface area contributed by atoms with Crippen LogP contribution in [0.1, 0.15) is 56.5 Å². The molecule has 2 amide bonds. The van der Waals surface area contributed by atoms with Gasteiger partial charge in [-0.05, 0) is 49.8 Å². The second-order valence-electron chi connectivity index (χ2n) is 6.74. The molecule has 3 atom stereocenters. The maximum atomic E-state index is 12.4. The Kier molecular flexibility index (Phi) is 4.55. The Morgan fingerprint density at radius 2 is 2.17 bits per heavy atom. The van der Waals surface area contributed by atoms with Gasteiger partial charge in [0, 0.05) is 31.0 Å². The second kappa shape index (κ2) is 6.60. The molecule has 2 N–H and O–H groups in total. The highest BCUT2D eigenvalue weighted by Crippen LogP contribution is 2.47. The van der Waals surface area contributed by atoms with Crippen LogP contribution in [0.15, 0.2) is 22.6 Å². The predicted molar refractivity (Wildman–Crippen MR) is 87.4 cm³/mol. The number of hydrogen-bond donors (Lipinski definition) is 1. The number of nitrogens with two attached hydrogens (primary N) is 1. The Morgan fingerprint density at radius 1 is 1.39 bits per heavy atom. The van der Waals surface area contributed by atoms with Gasteiger partial charge < -0.3 is 15.1 Å². The lowest BCUT2D eigenvalue weighted by molar-refractivity contribution is -0.130. The number of furan rings is 1. The van der Waals surface area contributed by atoms with Crippen LogP contribution in [0.25, 0.3) is 6.08 Å². The molecule has 124 valence electrons. The molecule has 0 bridgehead atoms. The molecule has 2 fully saturated rings. The number of carbonyl (C=O) groups is 2. The molecule has 1 aliphatic heterocycles. The van der Waals surface area contributed by atoms with Gasteiger partial charge in [-0.15, -0.1) is 0 Å². The van der Waals surface area contributed by atoms with Crippen LogP contribution in [0.3, 0.4) is 0 Å². The van der Waals surface area contributed by atoms with Crippen LogP contribution in [0.5, 0.6) is 0 Å². The van der Waals surface area contributed by atoms with E-state index in [4.69, 9.17) is 10.2 Å². The van der Waals surface area contributed by atoms with Gasteiger partial charge in [0.15, 0.2) is 0 Å². The van der Waals surface area contributed by atoms with Crippen LogP contribution >= 0.6 is 0 Å². The van der Waals surface area contributed by atoms with Crippen molar-refractivity contribution in [2.24, 2.45) is 11.7 Å². The number of nitrogens with zero attached hydrogens (tertiary/aromatic N) is 1. The Bertz CT molecular complexity index is 620. The molecule has 1 saturated heterocycles. The highest BCUT2D eigenvalue weighted by Gasteiger charge is 2.36. The van der Waals surface area contributed by atoms with Gasteiger partial charge in [0.05, 0.1) is 0 Å². The number of carbonyl (C=O) groups excluding carboxylic acids is 2. The fourth-order valence-corrected chi connectivity index (χ4v) is 3.36. The van der Waals surface area contributed by atoms with E-state index in [9.17, 15) is 9.59 Å². The zero-order valence-electron chi connectivity index (χ0n) is 13.5. The summed E-state index contributed by atoms with van der Waals surface area (Å²) in [5.41, 5.74) is 5.29. The summed E-state index contributed by atoms with van der Waals surface area (Å²) >= 11 is 0. The predicted octanol–water partition coefficient (Wildman–Crippen LogP) is 2.67. The molecule has 1 aromatic heterocycles. The molecule has 1 saturated carbocycles. The van der Waals surface area contributed by atoms with Crippen molar-refractivity contribution in [1.82, 2.24) is 4.90 Å². The van der Waals surface area contributed by atoms with E-state index < -0.39 is 0 Å². The van der Waals surface area contributed by atoms with Crippen molar-refractivity contribution in [3.8, 4) is 0 Å². The fourth-order valence-electron chi connectivity index (χ4n) is 3.36. The standard InChI is InChI=1S/C18H24N2O3/c1-12-10-15(12)16-7-5-14(23-16)6-8-18(22)20-9-3-2-4-13(20)11-17(19)21/h5-8,12-13,15H,2-4,9-11H2,1H3,(H2,19,21)/b8-6-/t12-,13+,15+/m1/s1. The maximum absolute atomic E-state index is 12.4. The van der Waals surface area contributed by atoms with Gasteiger partial charge >= 0.3 is 0 Å². The molecule has 1 aliphatic carbocycles. The van der Waals surface area contributed by atoms with Gasteiger partial charge in [-0.3, -0.25) is 9.59 Å². The van der Waals surface area contributed by atoms with E-state index in [1.807, 2.05) is 12.1 Å². The van der Waals surface area contributed by atoms with Gasteiger partial charge in [0.2, 0.25) is 11.8 Å². The molecule has 0 spiro atoms. The highest BCUT2D eigenvalue weighted by molar-refractivity contribution is 5.92. The van der Waals surface area contributed by atoms with Gasteiger partial charge in [-0.25, -0.2) is 0 Å². The van der Waals surface area contributed by atoms with Crippen molar-refractivity contribution < 1.29 is 14.0 Å². The van der Waals surface area contributed by atoms with Crippen LogP contribution in [-0.2, 0) is 9.59 Å². The number of rotatable bonds is 5. The Hall–Kier alpha value is -2.04. The van der Waals surface area contributed by atoms with E-state index in [0.29, 0.717) is 24.1 Å². The minimum atomic E-state index is -0.354. The highest BCUT2D eigenvalue weighted by atomic mass is 16.3. The Labute approximate surface area is 136 Å². The Balaban J connectivity index is 1.62. The van der Waals surface area contributed by atoms with Crippen LogP contribution in [0, 0.1) is 5.92 Å². The van der Waals surface area contributed by atoms with Crippen molar-refractivity contribution in [2.45, 2.75) is 51.0 Å². The molecular weight excluding hydrogens is 292 g/mol. The average Bonchev–Trinajstić information content (AvgIpc) is 3.07. The van der Waals surface area contributed by atoms with Crippen molar-refractivity contribution in [3.05, 3.63) is 29.7 Å². The van der Waals surface area contributed by atoms with E-state index in [1.54, 1.807) is 11.0 Å². The molecule has 2 heterocycles. The van der Waals surface area contributed by atoms with Crippen LogP contribution in [0.4, 0.5) is 0 Å². The van der Waals surface area contributed by atoms with E-state index in [0.717, 1.165) is 25.0 Å². The summed E-state index contributed by atoms with van der Waals surface area (Å²) in [7, 11) is 0. The third kappa shape index (κ3) is 3.84. The first-order valence-corrected chi connectivity index (χ1v) is 8.41. The summed E-state index contributed by atoms with van der Waals surface area (Å²) in [6.07, 6.45) is 7.52. The number of primary amides is 1. The molecule has 0 unspecified atom stereocenters. The van der Waals surface area contributed by atoms with Crippen LogP contribution in [-0.4, -0.2) is 29.3 Å². The van der Waals surface area contributed by atoms with E-state index >= 15 is 0 Å². The largest absolute Gasteiger partial charge is 0.461 e. The number of piperidine rings is 1. The molecule has 5 heteroatoms. The lowest BCUT2D eigenvalue weighted by Crippen LogP contribution is -2.44. The first kappa shape index (κ1) is 15.8. The molecule has 2 aliphatic rings. The van der Waals surface area contributed by atoms with Crippen molar-refractivity contribution in [1.29, 1.82) is 0 Å². The molecular formula is C18H24N2O3. The van der Waals surface area contributed by atoms with Crippen molar-refractivity contribution >= 4 is 17.9 Å². The molecule has 1 aromatic rings.